The number of hydrogen-bond donors (Lipinski definition) is 0. The number of rotatable bonds is 5. The van der Waals surface area contributed by atoms with E-state index in [4.69, 9.17) is 11.6 Å². The zero-order valence-corrected chi connectivity index (χ0v) is 16.8. The van der Waals surface area contributed by atoms with Crippen LogP contribution in [0.4, 0.5) is 5.82 Å². The number of amides is 1. The summed E-state index contributed by atoms with van der Waals surface area (Å²) < 4.78 is 0. The van der Waals surface area contributed by atoms with Crippen molar-refractivity contribution >= 4 is 35.1 Å². The molecule has 0 N–H and O–H groups in total. The van der Waals surface area contributed by atoms with Gasteiger partial charge < -0.3 is 9.80 Å². The molecule has 2 aromatic rings. The molecule has 1 amide bonds. The lowest BCUT2D eigenvalue weighted by Gasteiger charge is -2.17. The summed E-state index contributed by atoms with van der Waals surface area (Å²) in [5.74, 6) is 1.81. The molecule has 0 aliphatic carbocycles. The van der Waals surface area contributed by atoms with Crippen molar-refractivity contribution < 1.29 is 4.79 Å². The first-order chi connectivity index (χ1) is 13.2. The Balaban J connectivity index is 1.39. The van der Waals surface area contributed by atoms with Crippen molar-refractivity contribution in [1.29, 1.82) is 0 Å². The SMILES string of the molecule is O=C(c1ccc(CSc2nc(Cl)cc(N3CCCC3)n2)cc1)N1CCCC1. The smallest absolute Gasteiger partial charge is 0.253 e. The molecule has 2 saturated heterocycles. The molecule has 1 aromatic carbocycles. The molecule has 0 saturated carbocycles. The summed E-state index contributed by atoms with van der Waals surface area (Å²) in [6, 6.07) is 9.72. The number of aromatic nitrogens is 2. The van der Waals surface area contributed by atoms with Crippen LogP contribution < -0.4 is 4.90 Å². The number of nitrogens with zero attached hydrogens (tertiary/aromatic N) is 4. The molecule has 0 atom stereocenters. The maximum absolute atomic E-state index is 12.4. The van der Waals surface area contributed by atoms with Gasteiger partial charge in [-0.2, -0.15) is 0 Å². The number of likely N-dealkylation sites (tertiary alicyclic amines) is 1. The molecular formula is C20H23ClN4OS. The molecule has 2 fully saturated rings. The van der Waals surface area contributed by atoms with Crippen LogP contribution in [-0.4, -0.2) is 47.0 Å². The van der Waals surface area contributed by atoms with Gasteiger partial charge in [-0.15, -0.1) is 0 Å². The molecule has 2 aliphatic rings. The van der Waals surface area contributed by atoms with Crippen molar-refractivity contribution in [3.05, 3.63) is 46.6 Å². The van der Waals surface area contributed by atoms with Gasteiger partial charge in [0.2, 0.25) is 0 Å². The lowest BCUT2D eigenvalue weighted by molar-refractivity contribution is 0.0793. The van der Waals surface area contributed by atoms with E-state index in [2.05, 4.69) is 14.9 Å². The Bertz CT molecular complexity index is 802. The summed E-state index contributed by atoms with van der Waals surface area (Å²) in [7, 11) is 0. The highest BCUT2D eigenvalue weighted by Gasteiger charge is 2.19. The lowest BCUT2D eigenvalue weighted by Crippen LogP contribution is -2.27. The second-order valence-electron chi connectivity index (χ2n) is 7.01. The minimum atomic E-state index is 0.139. The standard InChI is InChI=1S/C20H23ClN4OS/c21-17-13-18(24-9-1-2-10-24)23-20(22-17)27-14-15-5-7-16(8-6-15)19(26)25-11-3-4-12-25/h5-8,13H,1-4,9-12,14H2. The predicted molar refractivity (Wildman–Crippen MR) is 110 cm³/mol. The van der Waals surface area contributed by atoms with Gasteiger partial charge >= 0.3 is 0 Å². The van der Waals surface area contributed by atoms with Crippen LogP contribution >= 0.6 is 23.4 Å². The minimum absolute atomic E-state index is 0.139. The number of carbonyl (C=O) groups is 1. The zero-order valence-electron chi connectivity index (χ0n) is 15.2. The van der Waals surface area contributed by atoms with Crippen molar-refractivity contribution in [3.8, 4) is 0 Å². The Kier molecular flexibility index (Phi) is 5.83. The molecule has 2 aliphatic heterocycles. The molecule has 7 heteroatoms. The second-order valence-corrected chi connectivity index (χ2v) is 8.34. The summed E-state index contributed by atoms with van der Waals surface area (Å²) in [5, 5.41) is 1.18. The van der Waals surface area contributed by atoms with Crippen molar-refractivity contribution in [2.45, 2.75) is 36.6 Å². The van der Waals surface area contributed by atoms with Crippen molar-refractivity contribution in [2.24, 2.45) is 0 Å². The van der Waals surface area contributed by atoms with Crippen LogP contribution in [0.3, 0.4) is 0 Å². The number of halogens is 1. The van der Waals surface area contributed by atoms with E-state index in [0.29, 0.717) is 10.3 Å². The zero-order chi connectivity index (χ0) is 18.6. The third-order valence-electron chi connectivity index (χ3n) is 5.05. The number of thioether (sulfide) groups is 1. The van der Waals surface area contributed by atoms with Crippen LogP contribution in [-0.2, 0) is 5.75 Å². The normalized spacial score (nSPS) is 16.9. The van der Waals surface area contributed by atoms with Crippen LogP contribution in [0.15, 0.2) is 35.5 Å². The van der Waals surface area contributed by atoms with E-state index in [-0.39, 0.29) is 5.91 Å². The molecular weight excluding hydrogens is 380 g/mol. The number of hydrogen-bond acceptors (Lipinski definition) is 5. The molecule has 5 nitrogen and oxygen atoms in total. The fourth-order valence-electron chi connectivity index (χ4n) is 3.55. The van der Waals surface area contributed by atoms with Crippen LogP contribution in [0.1, 0.15) is 41.6 Å². The third kappa shape index (κ3) is 4.55. The highest BCUT2D eigenvalue weighted by Crippen LogP contribution is 2.26. The molecule has 3 heterocycles. The maximum atomic E-state index is 12.4. The lowest BCUT2D eigenvalue weighted by atomic mass is 10.1. The van der Waals surface area contributed by atoms with Gasteiger partial charge in [0.15, 0.2) is 5.16 Å². The van der Waals surface area contributed by atoms with Crippen molar-refractivity contribution in [3.63, 3.8) is 0 Å². The van der Waals surface area contributed by atoms with Gasteiger partial charge in [-0.05, 0) is 43.4 Å². The van der Waals surface area contributed by atoms with Crippen molar-refractivity contribution in [2.75, 3.05) is 31.1 Å². The van der Waals surface area contributed by atoms with Gasteiger partial charge in [0, 0.05) is 43.6 Å². The number of benzene rings is 1. The average Bonchev–Trinajstić information content (AvgIpc) is 3.40. The van der Waals surface area contributed by atoms with Crippen LogP contribution in [0.5, 0.6) is 0 Å². The Morgan fingerprint density at radius 2 is 1.67 bits per heavy atom. The second kappa shape index (κ2) is 8.48. The summed E-state index contributed by atoms with van der Waals surface area (Å²) >= 11 is 7.77. The first kappa shape index (κ1) is 18.6. The topological polar surface area (TPSA) is 49.3 Å². The van der Waals surface area contributed by atoms with E-state index < -0.39 is 0 Å². The molecule has 0 spiro atoms. The molecule has 0 radical (unpaired) electrons. The summed E-state index contributed by atoms with van der Waals surface area (Å²) in [5.41, 5.74) is 1.91. The molecule has 4 rings (SSSR count). The van der Waals surface area contributed by atoms with E-state index in [1.165, 1.54) is 12.8 Å². The first-order valence-electron chi connectivity index (χ1n) is 9.49. The Morgan fingerprint density at radius 1 is 1.00 bits per heavy atom. The molecule has 27 heavy (non-hydrogen) atoms. The molecule has 0 bridgehead atoms. The fourth-order valence-corrected chi connectivity index (χ4v) is 4.59. The van der Waals surface area contributed by atoms with Gasteiger partial charge in [-0.1, -0.05) is 35.5 Å². The number of anilines is 1. The van der Waals surface area contributed by atoms with Crippen LogP contribution in [0.2, 0.25) is 5.15 Å². The first-order valence-corrected chi connectivity index (χ1v) is 10.9. The van der Waals surface area contributed by atoms with Gasteiger partial charge in [0.25, 0.3) is 5.91 Å². The highest BCUT2D eigenvalue weighted by atomic mass is 35.5. The quantitative estimate of drug-likeness (QED) is 0.425. The van der Waals surface area contributed by atoms with Gasteiger partial charge in [0.1, 0.15) is 11.0 Å². The fraction of sp³-hybridized carbons (Fsp3) is 0.450. The third-order valence-corrected chi connectivity index (χ3v) is 6.17. The van der Waals surface area contributed by atoms with Crippen LogP contribution in [0, 0.1) is 0 Å². The largest absolute Gasteiger partial charge is 0.356 e. The predicted octanol–water partition coefficient (Wildman–Crippen LogP) is 4.26. The summed E-state index contributed by atoms with van der Waals surface area (Å²) in [6.45, 7) is 3.82. The van der Waals surface area contributed by atoms with E-state index in [1.54, 1.807) is 11.8 Å². The van der Waals surface area contributed by atoms with Crippen molar-refractivity contribution in [1.82, 2.24) is 14.9 Å². The molecule has 1 aromatic heterocycles. The van der Waals surface area contributed by atoms with E-state index in [1.807, 2.05) is 35.2 Å². The van der Waals surface area contributed by atoms with Gasteiger partial charge in [-0.3, -0.25) is 4.79 Å². The minimum Gasteiger partial charge on any atom is -0.356 e. The average molecular weight is 403 g/mol. The van der Waals surface area contributed by atoms with Crippen LogP contribution in [0.25, 0.3) is 0 Å². The summed E-state index contributed by atoms with van der Waals surface area (Å²) in [6.07, 6.45) is 4.62. The Morgan fingerprint density at radius 3 is 2.37 bits per heavy atom. The Hall–Kier alpha value is -1.79. The van der Waals surface area contributed by atoms with E-state index in [9.17, 15) is 4.79 Å². The van der Waals surface area contributed by atoms with Gasteiger partial charge in [-0.25, -0.2) is 9.97 Å². The maximum Gasteiger partial charge on any atom is 0.253 e. The highest BCUT2D eigenvalue weighted by molar-refractivity contribution is 7.98. The molecule has 142 valence electrons. The van der Waals surface area contributed by atoms with E-state index in [0.717, 1.165) is 61.7 Å². The molecule has 0 unspecified atom stereocenters. The summed E-state index contributed by atoms with van der Waals surface area (Å²) in [4.78, 5) is 25.6. The Labute approximate surface area is 169 Å². The van der Waals surface area contributed by atoms with E-state index >= 15 is 0 Å². The van der Waals surface area contributed by atoms with Gasteiger partial charge in [0.05, 0.1) is 0 Å². The monoisotopic (exact) mass is 402 g/mol. The number of carbonyl (C=O) groups excluding carboxylic acids is 1.